The van der Waals surface area contributed by atoms with Gasteiger partial charge in [-0.25, -0.2) is 9.59 Å². The second-order valence-corrected chi connectivity index (χ2v) is 28.2. The molecule has 10 rings (SSSR count). The number of hydrogen-bond acceptors (Lipinski definition) is 24. The minimum absolute atomic E-state index is 0.00196. The molecule has 4 aliphatic carbocycles. The second-order valence-electron chi connectivity index (χ2n) is 28.2. The molecule has 1 saturated carbocycles. The summed E-state index contributed by atoms with van der Waals surface area (Å²) in [6, 6.07) is -1.12. The van der Waals surface area contributed by atoms with Crippen LogP contribution in [0.1, 0.15) is 147 Å². The van der Waals surface area contributed by atoms with Gasteiger partial charge in [0.1, 0.15) is 35.9 Å². The molecule has 29 atom stereocenters. The summed E-state index contributed by atoms with van der Waals surface area (Å²) in [6.07, 6.45) is -4.21. The van der Waals surface area contributed by atoms with E-state index in [1.807, 2.05) is 39.8 Å². The summed E-state index contributed by atoms with van der Waals surface area (Å²) < 4.78 is 81.5. The zero-order valence-corrected chi connectivity index (χ0v) is 55.4. The van der Waals surface area contributed by atoms with Gasteiger partial charge in [0, 0.05) is 68.1 Å². The fourth-order valence-corrected chi connectivity index (χ4v) is 16.9. The number of nitrogens with zero attached hydrogens (tertiary/aromatic N) is 1. The number of nitrogens with one attached hydrogen (secondary N) is 1. The summed E-state index contributed by atoms with van der Waals surface area (Å²) in [7, 11) is 1.15. The molecule has 7 fully saturated rings. The standard InChI is InChI=1S/C67H96N2O24/c1-30-14-18-47(88-54-28-65(11,69(79)80)60(38(9)86-54)68-64(78)81-13)31(2)23-43-45(73)24-40(29-70)27-67(43)62(76)55(63(77)93-67)61(75)66(12)42(30)16-15-41-56(66)32(3)22-33(4)57(41)92-53-26-49(59(37(8)85-53)87-39(10)71)90-50-21-19-48(35(6)83-50)89-52-25-46(74)58(36(7)84-52)91-51-20-17-44(72)34(5)82-51/h14-16,23-24,29,32-38,41-54,56-60,72-75H,17-22,25-28H2,1-13H3,(H,68,78)/b30-14+,31-23+,61-55+/t32-,33+,34-,35-,36+,37+,38+,41-,42-,43+,44+,45-,46+,47-,48+,49+,50+,51+,52-,53-,54-,56+,57-,58+,59+,60+,65-,66-,67+/m0/s1. The van der Waals surface area contributed by atoms with Gasteiger partial charge in [0.2, 0.25) is 11.3 Å². The van der Waals surface area contributed by atoms with Crippen LogP contribution >= 0.6 is 0 Å². The molecule has 1 amide bonds. The molecule has 10 aliphatic rings. The van der Waals surface area contributed by atoms with Crippen LogP contribution in [0.4, 0.5) is 4.79 Å². The average molecular weight is 1310 g/mol. The van der Waals surface area contributed by atoms with E-state index in [2.05, 4.69) is 25.2 Å². The van der Waals surface area contributed by atoms with Gasteiger partial charge in [0.05, 0.1) is 86.6 Å². The summed E-state index contributed by atoms with van der Waals surface area (Å²) in [6.45, 7) is 21.0. The van der Waals surface area contributed by atoms with Crippen LogP contribution in [0.2, 0.25) is 0 Å². The number of aliphatic hydroxyl groups excluding tert-OH is 4. The number of hydrogen-bond donors (Lipinski definition) is 5. The number of carbonyl (C=O) groups is 5. The van der Waals surface area contributed by atoms with Gasteiger partial charge in [-0.05, 0) is 109 Å². The lowest BCUT2D eigenvalue weighted by Gasteiger charge is -2.56. The van der Waals surface area contributed by atoms with Gasteiger partial charge < -0.3 is 87.3 Å². The van der Waals surface area contributed by atoms with E-state index in [1.165, 1.54) is 19.9 Å². The SMILES string of the molecule is COC(=O)N[C@@H]1[C@@H](C)O[C@@H](O[C@H]2C/C=C(\C)[C@@H]3C=C[C@@H]4[C@@H](O[C@H]5C[C@@H](O[C@@H]6CC[C@@H](O[C@H]7C[C@@H](O)[C@H](O[C@@H]8CC[C@@H](O)[C@H](C)O8)[C@@H](C)O7)[C@H](C)O6)[C@H](OC(C)=O)[C@@H](C)O5)[C@H](C)C[C@H](C)[C@H]4[C@@]3(C)/C(O)=C3\C(=O)O[C@@]4(CC(C=O)=C[C@H](O)[C@H]4/C=C/2C)C3=O)C[C@]1(C)[N+](=O)[O-]. The summed E-state index contributed by atoms with van der Waals surface area (Å²) in [4.78, 5) is 80.4. The number of alkyl carbamates (subject to hydrolysis) is 1. The van der Waals surface area contributed by atoms with Gasteiger partial charge in [0.25, 0.3) is 0 Å². The van der Waals surface area contributed by atoms with Gasteiger partial charge in [-0.2, -0.15) is 0 Å². The number of aliphatic hydroxyl groups is 4. The van der Waals surface area contributed by atoms with Gasteiger partial charge in [-0.15, -0.1) is 0 Å². The zero-order valence-electron chi connectivity index (χ0n) is 55.4. The first-order valence-electron chi connectivity index (χ1n) is 33.1. The second kappa shape index (κ2) is 28.2. The zero-order chi connectivity index (χ0) is 67.5. The van der Waals surface area contributed by atoms with Crippen molar-refractivity contribution < 1.29 is 111 Å². The highest BCUT2D eigenvalue weighted by Crippen LogP contribution is 2.61. The van der Waals surface area contributed by atoms with Crippen molar-refractivity contribution >= 4 is 30.1 Å². The number of amides is 1. The van der Waals surface area contributed by atoms with Crippen molar-refractivity contribution in [3.05, 3.63) is 68.5 Å². The topological polar surface area (TPSA) is 341 Å². The largest absolute Gasteiger partial charge is 0.511 e. The number of esters is 2. The summed E-state index contributed by atoms with van der Waals surface area (Å²) in [5.74, 6) is -6.46. The van der Waals surface area contributed by atoms with E-state index >= 15 is 4.79 Å². The Hall–Kier alpha value is -5.07. The Labute approximate surface area is 542 Å². The van der Waals surface area contributed by atoms with E-state index in [0.717, 1.165) is 7.11 Å². The predicted molar refractivity (Wildman–Crippen MR) is 325 cm³/mol. The molecule has 6 aliphatic heterocycles. The molecule has 0 unspecified atom stereocenters. The molecule has 1 spiro atoms. The van der Waals surface area contributed by atoms with Crippen molar-refractivity contribution in [2.24, 2.45) is 40.9 Å². The van der Waals surface area contributed by atoms with Crippen LogP contribution in [0.5, 0.6) is 0 Å². The number of allylic oxidation sites excluding steroid dienone is 3. The Balaban J connectivity index is 0.904. The average Bonchev–Trinajstić information content (AvgIpc) is 1.68. The van der Waals surface area contributed by atoms with E-state index in [0.29, 0.717) is 49.5 Å². The molecule has 518 valence electrons. The molecule has 5 N–H and O–H groups in total. The molecular weight excluding hydrogens is 1220 g/mol. The van der Waals surface area contributed by atoms with Crippen LogP contribution in [0.3, 0.4) is 0 Å². The van der Waals surface area contributed by atoms with Crippen LogP contribution < -0.4 is 5.32 Å². The number of rotatable bonds is 14. The van der Waals surface area contributed by atoms with Crippen molar-refractivity contribution in [3.63, 3.8) is 0 Å². The molecule has 0 aromatic rings. The lowest BCUT2D eigenvalue weighted by atomic mass is 9.49. The maximum absolute atomic E-state index is 15.6. The Morgan fingerprint density at radius 3 is 2.01 bits per heavy atom. The van der Waals surface area contributed by atoms with Crippen LogP contribution in [-0.2, 0) is 80.8 Å². The quantitative estimate of drug-likeness (QED) is 0.0240. The number of carbonyl (C=O) groups excluding carboxylic acids is 5. The van der Waals surface area contributed by atoms with Gasteiger partial charge in [-0.1, -0.05) is 50.6 Å². The van der Waals surface area contributed by atoms with Crippen LogP contribution in [0, 0.1) is 51.0 Å². The lowest BCUT2D eigenvalue weighted by molar-refractivity contribution is -0.584. The van der Waals surface area contributed by atoms with E-state index in [-0.39, 0.29) is 43.1 Å². The third-order valence-electron chi connectivity index (χ3n) is 21.7. The highest BCUT2D eigenvalue weighted by atomic mass is 16.8. The fraction of sp³-hybridized carbons (Fsp3) is 0.776. The summed E-state index contributed by atoms with van der Waals surface area (Å²) in [5.41, 5.74) is -4.91. The van der Waals surface area contributed by atoms with Crippen LogP contribution in [0.15, 0.2) is 58.4 Å². The third-order valence-corrected chi connectivity index (χ3v) is 21.7. The van der Waals surface area contributed by atoms with Gasteiger partial charge in [-0.3, -0.25) is 24.5 Å². The molecule has 26 heteroatoms. The molecule has 0 radical (unpaired) electrons. The minimum Gasteiger partial charge on any atom is -0.511 e. The van der Waals surface area contributed by atoms with Crippen molar-refractivity contribution in [3.8, 4) is 0 Å². The molecule has 6 saturated heterocycles. The first-order valence-corrected chi connectivity index (χ1v) is 33.1. The van der Waals surface area contributed by atoms with Crippen molar-refractivity contribution in [2.45, 2.75) is 281 Å². The number of ketones is 1. The van der Waals surface area contributed by atoms with Crippen molar-refractivity contribution in [1.29, 1.82) is 0 Å². The molecule has 93 heavy (non-hydrogen) atoms. The number of methoxy groups -OCH3 is 1. The molecule has 0 aromatic carbocycles. The van der Waals surface area contributed by atoms with Crippen molar-refractivity contribution in [2.75, 3.05) is 7.11 Å². The first kappa shape index (κ1) is 70.7. The number of fused-ring (bicyclic) bond motifs is 4. The molecule has 26 nitrogen and oxygen atoms in total. The normalized spacial score (nSPS) is 48.2. The summed E-state index contributed by atoms with van der Waals surface area (Å²) >= 11 is 0. The number of aldehydes is 1. The van der Waals surface area contributed by atoms with Gasteiger partial charge >= 0.3 is 18.0 Å². The van der Waals surface area contributed by atoms with Crippen LogP contribution in [0.25, 0.3) is 0 Å². The minimum atomic E-state index is -2.20. The Kier molecular flexibility index (Phi) is 21.4. The first-order chi connectivity index (χ1) is 43.9. The summed E-state index contributed by atoms with van der Waals surface area (Å²) in [5, 5.41) is 62.0. The fourth-order valence-electron chi connectivity index (χ4n) is 16.9. The number of ether oxygens (including phenoxy) is 13. The van der Waals surface area contributed by atoms with E-state index in [1.54, 1.807) is 33.8 Å². The van der Waals surface area contributed by atoms with E-state index in [4.69, 9.17) is 61.6 Å². The smallest absolute Gasteiger partial charge is 0.407 e. The molecule has 6 heterocycles. The molecular formula is C67H96N2O24. The van der Waals surface area contributed by atoms with Crippen molar-refractivity contribution in [1.82, 2.24) is 5.32 Å². The Bertz CT molecular complexity index is 2960. The van der Waals surface area contributed by atoms with Crippen LogP contribution in [-0.4, -0.2) is 197 Å². The highest BCUT2D eigenvalue weighted by Gasteiger charge is 2.65. The lowest BCUT2D eigenvalue weighted by Crippen LogP contribution is -2.65. The monoisotopic (exact) mass is 1310 g/mol. The Morgan fingerprint density at radius 2 is 1.35 bits per heavy atom. The number of Topliss-reactive ketones (excluding diaryl/α,β-unsaturated/α-hetero) is 1. The van der Waals surface area contributed by atoms with Gasteiger partial charge in [0.15, 0.2) is 43.2 Å². The Morgan fingerprint density at radius 1 is 0.720 bits per heavy atom. The number of nitro groups is 1. The van der Waals surface area contributed by atoms with E-state index < -0.39 is 210 Å². The molecule has 0 aromatic heterocycles. The van der Waals surface area contributed by atoms with E-state index in [9.17, 15) is 49.7 Å². The highest BCUT2D eigenvalue weighted by molar-refractivity contribution is 6.26. The predicted octanol–water partition coefficient (Wildman–Crippen LogP) is 6.36. The maximum Gasteiger partial charge on any atom is 0.407 e. The third kappa shape index (κ3) is 14.0. The maximum atomic E-state index is 15.6. The molecule has 2 bridgehead atoms.